The average molecular weight is 1280 g/mol. The largest absolute Gasteiger partial charge is 0.444 e. The van der Waals surface area contributed by atoms with Gasteiger partial charge in [-0.2, -0.15) is 4.31 Å². The molecule has 13 atom stereocenters. The zero-order valence-corrected chi connectivity index (χ0v) is 53.9. The molecule has 2 saturated heterocycles. The number of hydrazine groups is 1. The minimum absolute atomic E-state index is 0.0537. The summed E-state index contributed by atoms with van der Waals surface area (Å²) in [5.41, 5.74) is -6.13. The summed E-state index contributed by atoms with van der Waals surface area (Å²) in [7, 11) is -3.53. The number of carbonyl (C=O) groups excluding carboxylic acids is 6. The standard InChI is InChI=1S/C55H92N8O24S/c1-50(2,3)83-45(69)57-31-23-22-30(27-61(24-25-64)88(77,78)36-21-19-18-20-34(36)63(75)76)80-43(31)81-40-33(58-46(70)84-51(4,5)6)26-32(56-42(68)35(65)28-62(49(73)87-54(13,14)15)59-47(71)85-52(7,8)9)39(37(40)66)82-44-38(67)41(55(16,74)29-79-44)60(17)48(72)86-53(10,11)12/h18-21,30-33,35,37-41,43-44,64-67,74H,22-29H2,1-17H3,(H,56,68)(H,57,69)(H,58,70)(H,59,71)/t30-,31+,32+,33-,35-,37+,38+,39-,40+,41+,43+,44+,55-/m0/s1. The van der Waals surface area contributed by atoms with Crippen molar-refractivity contribution in [3.05, 3.63) is 34.4 Å². The third kappa shape index (κ3) is 22.2. The zero-order chi connectivity index (χ0) is 67.0. The van der Waals surface area contributed by atoms with Crippen molar-refractivity contribution in [2.45, 2.75) is 242 Å². The summed E-state index contributed by atoms with van der Waals surface area (Å²) in [4.78, 5) is 93.2. The smallest absolute Gasteiger partial charge is 0.429 e. The minimum atomic E-state index is -4.77. The van der Waals surface area contributed by atoms with E-state index in [0.29, 0.717) is 5.01 Å². The van der Waals surface area contributed by atoms with Gasteiger partial charge in [0.25, 0.3) is 11.6 Å². The van der Waals surface area contributed by atoms with Gasteiger partial charge in [0.2, 0.25) is 10.0 Å². The molecule has 9 N–H and O–H groups in total. The molecule has 33 heteroatoms. The van der Waals surface area contributed by atoms with Crippen molar-refractivity contribution in [1.82, 2.24) is 35.6 Å². The molecule has 502 valence electrons. The number of amides is 6. The highest BCUT2D eigenvalue weighted by Crippen LogP contribution is 2.36. The first kappa shape index (κ1) is 74.5. The van der Waals surface area contributed by atoms with E-state index in [1.54, 1.807) is 62.3 Å². The second-order valence-corrected chi connectivity index (χ2v) is 28.8. The van der Waals surface area contributed by atoms with E-state index < -0.39 is 208 Å². The maximum Gasteiger partial charge on any atom is 0.429 e. The van der Waals surface area contributed by atoms with E-state index in [0.717, 1.165) is 21.3 Å². The topological polar surface area (TPSA) is 422 Å². The maximum atomic E-state index is 14.4. The Bertz CT molecular complexity index is 2710. The van der Waals surface area contributed by atoms with Crippen molar-refractivity contribution >= 4 is 52.1 Å². The first-order valence-corrected chi connectivity index (χ1v) is 30.0. The quantitative estimate of drug-likeness (QED) is 0.0579. The van der Waals surface area contributed by atoms with Gasteiger partial charge in [-0.3, -0.25) is 14.9 Å². The number of rotatable bonds is 18. The monoisotopic (exact) mass is 1280 g/mol. The van der Waals surface area contributed by atoms with E-state index in [1.807, 2.05) is 0 Å². The highest BCUT2D eigenvalue weighted by atomic mass is 32.2. The van der Waals surface area contributed by atoms with Gasteiger partial charge in [0.15, 0.2) is 23.6 Å². The van der Waals surface area contributed by atoms with Crippen molar-refractivity contribution in [1.29, 1.82) is 0 Å². The first-order chi connectivity index (χ1) is 40.1. The van der Waals surface area contributed by atoms with E-state index in [-0.39, 0.29) is 12.8 Å². The summed E-state index contributed by atoms with van der Waals surface area (Å²) in [6, 6.07) is -1.44. The lowest BCUT2D eigenvalue weighted by molar-refractivity contribution is -0.387. The summed E-state index contributed by atoms with van der Waals surface area (Å²) in [5.74, 6) is -1.31. The number of aliphatic hydroxyl groups excluding tert-OH is 4. The summed E-state index contributed by atoms with van der Waals surface area (Å²) in [5, 5.41) is 78.8. The lowest BCUT2D eigenvalue weighted by Gasteiger charge is -2.51. The van der Waals surface area contributed by atoms with Gasteiger partial charge in [0, 0.05) is 26.2 Å². The lowest BCUT2D eigenvalue weighted by atomic mass is 9.82. The molecule has 0 aromatic heterocycles. The Balaban J connectivity index is 1.90. The van der Waals surface area contributed by atoms with Crippen LogP contribution in [0.15, 0.2) is 29.2 Å². The van der Waals surface area contributed by atoms with Crippen LogP contribution in [0, 0.1) is 10.1 Å². The minimum Gasteiger partial charge on any atom is -0.444 e. The number of carbonyl (C=O) groups is 6. The molecule has 0 unspecified atom stereocenters. The van der Waals surface area contributed by atoms with Crippen LogP contribution in [0.4, 0.5) is 29.7 Å². The summed E-state index contributed by atoms with van der Waals surface area (Å²) in [6.07, 6.45) is -21.3. The SMILES string of the molecule is CN(C(=O)OC(C)(C)C)[C@@H]1[C@@H](O)[C@@H](O[C@@H]2[C@@H](O)[C@H](O[C@H]3O[C@H](CN(CCO)S(=O)(=O)c4ccccc4[N+](=O)[O-])CC[C@H]3NC(=O)OC(C)(C)C)[C@@H](NC(=O)OC(C)(C)C)C[C@H]2NC(=O)[C@@H](O)CN(NC(=O)OC(C)(C)C)C(=O)OC(C)(C)C)OC[C@]1(C)O. The van der Waals surface area contributed by atoms with E-state index in [9.17, 15) is 72.8 Å². The predicted octanol–water partition coefficient (Wildman–Crippen LogP) is 2.63. The first-order valence-electron chi connectivity index (χ1n) is 28.6. The fourth-order valence-electron chi connectivity index (χ4n) is 9.53. The van der Waals surface area contributed by atoms with Crippen molar-refractivity contribution in [3.63, 3.8) is 0 Å². The van der Waals surface area contributed by atoms with Gasteiger partial charge >= 0.3 is 30.5 Å². The number of aliphatic hydroxyl groups is 5. The molecule has 3 fully saturated rings. The fraction of sp³-hybridized carbons (Fsp3) is 0.782. The number of para-hydroxylation sites is 1. The molecular formula is C55H92N8O24S. The Morgan fingerprint density at radius 1 is 0.727 bits per heavy atom. The third-order valence-electron chi connectivity index (χ3n) is 13.0. The summed E-state index contributed by atoms with van der Waals surface area (Å²) >= 11 is 0. The number of hydrogen-bond acceptors (Lipinski definition) is 24. The second kappa shape index (κ2) is 29.3. The van der Waals surface area contributed by atoms with Crippen LogP contribution in [-0.2, 0) is 57.4 Å². The molecule has 1 aromatic carbocycles. The molecule has 1 aromatic rings. The van der Waals surface area contributed by atoms with E-state index in [4.69, 9.17) is 42.6 Å². The number of benzene rings is 1. The molecule has 88 heavy (non-hydrogen) atoms. The van der Waals surface area contributed by atoms with Gasteiger partial charge in [-0.15, -0.1) is 0 Å². The molecule has 0 spiro atoms. The molecule has 1 aliphatic carbocycles. The Morgan fingerprint density at radius 3 is 1.74 bits per heavy atom. The van der Waals surface area contributed by atoms with Gasteiger partial charge in [0.1, 0.15) is 58.0 Å². The molecule has 1 saturated carbocycles. The maximum absolute atomic E-state index is 14.4. The Kier molecular flexibility index (Phi) is 24.8. The number of alkyl carbamates (subject to hydrolysis) is 2. The normalized spacial score (nSPS) is 26.7. The van der Waals surface area contributed by atoms with Crippen LogP contribution in [0.2, 0.25) is 0 Å². The molecule has 3 aliphatic rings. The second-order valence-electron chi connectivity index (χ2n) is 26.8. The van der Waals surface area contributed by atoms with Crippen LogP contribution < -0.4 is 21.4 Å². The van der Waals surface area contributed by atoms with E-state index >= 15 is 0 Å². The zero-order valence-electron chi connectivity index (χ0n) is 53.1. The Labute approximate surface area is 512 Å². The highest BCUT2D eigenvalue weighted by Gasteiger charge is 2.56. The van der Waals surface area contributed by atoms with E-state index in [1.165, 1.54) is 67.6 Å². The fourth-order valence-corrected chi connectivity index (χ4v) is 11.1. The number of nitrogens with one attached hydrogen (secondary N) is 4. The number of sulfonamides is 1. The van der Waals surface area contributed by atoms with Gasteiger partial charge in [-0.05, 0) is 136 Å². The van der Waals surface area contributed by atoms with Crippen molar-refractivity contribution in [2.24, 2.45) is 0 Å². The van der Waals surface area contributed by atoms with Crippen LogP contribution in [0.1, 0.15) is 130 Å². The molecule has 2 aliphatic heterocycles. The third-order valence-corrected chi connectivity index (χ3v) is 14.9. The number of likely N-dealkylation sites (N-methyl/N-ethyl adjacent to an activating group) is 1. The molecule has 0 bridgehead atoms. The van der Waals surface area contributed by atoms with Gasteiger partial charge in [-0.25, -0.2) is 42.8 Å². The predicted molar refractivity (Wildman–Crippen MR) is 308 cm³/mol. The van der Waals surface area contributed by atoms with Crippen molar-refractivity contribution in [2.75, 3.05) is 39.9 Å². The molecular weight excluding hydrogens is 1190 g/mol. The molecule has 32 nitrogen and oxygen atoms in total. The molecule has 0 radical (unpaired) electrons. The van der Waals surface area contributed by atoms with Crippen molar-refractivity contribution < 1.29 is 110 Å². The number of nitro benzene ring substituents is 1. The summed E-state index contributed by atoms with van der Waals surface area (Å²) in [6.45, 7) is 21.0. The van der Waals surface area contributed by atoms with Crippen LogP contribution >= 0.6 is 0 Å². The van der Waals surface area contributed by atoms with Gasteiger partial charge < -0.3 is 89.0 Å². The van der Waals surface area contributed by atoms with Crippen LogP contribution in [-0.4, -0.2) is 236 Å². The van der Waals surface area contributed by atoms with Crippen LogP contribution in [0.5, 0.6) is 0 Å². The van der Waals surface area contributed by atoms with Crippen LogP contribution in [0.3, 0.4) is 0 Å². The van der Waals surface area contributed by atoms with Crippen LogP contribution in [0.25, 0.3) is 0 Å². The Hall–Kier alpha value is -6.01. The number of nitro groups is 1. The van der Waals surface area contributed by atoms with Gasteiger partial charge in [0.05, 0.1) is 55.0 Å². The highest BCUT2D eigenvalue weighted by molar-refractivity contribution is 7.89. The molecule has 4 rings (SSSR count). The van der Waals surface area contributed by atoms with Crippen molar-refractivity contribution in [3.8, 4) is 0 Å². The average Bonchev–Trinajstić information content (AvgIpc) is 0.802. The van der Waals surface area contributed by atoms with Gasteiger partial charge in [-0.1, -0.05) is 12.1 Å². The Morgan fingerprint density at radius 2 is 1.22 bits per heavy atom. The number of hydrogen-bond donors (Lipinski definition) is 9. The number of ether oxygens (including phenoxy) is 9. The molecule has 6 amide bonds. The summed E-state index contributed by atoms with van der Waals surface area (Å²) < 4.78 is 82.0. The number of nitrogens with zero attached hydrogens (tertiary/aromatic N) is 4. The molecule has 2 heterocycles. The van der Waals surface area contributed by atoms with E-state index in [2.05, 4.69) is 21.4 Å². The lowest BCUT2D eigenvalue weighted by Crippen LogP contribution is -2.71.